The molecule has 0 aliphatic rings. The van der Waals surface area contributed by atoms with Crippen LogP contribution in [0.2, 0.25) is 5.15 Å². The average Bonchev–Trinajstić information content (AvgIpc) is 2.11. The van der Waals surface area contributed by atoms with Crippen LogP contribution < -0.4 is 11.1 Å². The smallest absolute Gasteiger partial charge is 0.153 e. The van der Waals surface area contributed by atoms with Crippen molar-refractivity contribution in [2.75, 3.05) is 19.3 Å². The van der Waals surface area contributed by atoms with E-state index in [2.05, 4.69) is 15.5 Å². The highest BCUT2D eigenvalue weighted by molar-refractivity contribution is 6.29. The number of aromatic nitrogens is 2. The lowest BCUT2D eigenvalue weighted by Crippen LogP contribution is -2.04. The first-order chi connectivity index (χ1) is 6.24. The number of hydrogen-bond acceptors (Lipinski definition) is 4. The number of nitrogen functional groups attached to an aromatic ring is 1. The van der Waals surface area contributed by atoms with Crippen LogP contribution in [0.5, 0.6) is 0 Å². The van der Waals surface area contributed by atoms with Gasteiger partial charge in [0, 0.05) is 12.1 Å². The van der Waals surface area contributed by atoms with E-state index in [9.17, 15) is 0 Å². The van der Waals surface area contributed by atoms with E-state index >= 15 is 0 Å². The fourth-order valence-electron chi connectivity index (χ4n) is 0.828. The third kappa shape index (κ3) is 3.01. The Bertz CT molecular complexity index is 311. The number of hydrogen-bond donors (Lipinski definition) is 2. The van der Waals surface area contributed by atoms with Crippen molar-refractivity contribution in [2.45, 2.75) is 0 Å². The number of nitrogens with zero attached hydrogens (tertiary/aromatic N) is 2. The van der Waals surface area contributed by atoms with Crippen LogP contribution >= 0.6 is 11.6 Å². The molecule has 1 rings (SSSR count). The van der Waals surface area contributed by atoms with Crippen LogP contribution in [0.1, 0.15) is 5.56 Å². The van der Waals surface area contributed by atoms with Crippen molar-refractivity contribution in [3.05, 3.63) is 22.9 Å². The summed E-state index contributed by atoms with van der Waals surface area (Å²) in [5.74, 6) is 0.386. The Balaban J connectivity index is 2.81. The summed E-state index contributed by atoms with van der Waals surface area (Å²) < 4.78 is 0. The molecule has 0 saturated heterocycles. The Morgan fingerprint density at radius 2 is 2.38 bits per heavy atom. The normalized spacial score (nSPS) is 10.9. The Morgan fingerprint density at radius 1 is 1.62 bits per heavy atom. The van der Waals surface area contributed by atoms with Crippen molar-refractivity contribution in [3.63, 3.8) is 0 Å². The maximum absolute atomic E-state index is 5.65. The molecule has 0 aromatic carbocycles. The van der Waals surface area contributed by atoms with Gasteiger partial charge >= 0.3 is 0 Å². The summed E-state index contributed by atoms with van der Waals surface area (Å²) in [6, 6.07) is 1.68. The SMILES string of the molecule is CNCC=Cc1cc(Cl)nnc1N. The van der Waals surface area contributed by atoms with Gasteiger partial charge in [0.1, 0.15) is 0 Å². The van der Waals surface area contributed by atoms with Crippen LogP contribution in [-0.4, -0.2) is 23.8 Å². The van der Waals surface area contributed by atoms with Crippen LogP contribution in [0.3, 0.4) is 0 Å². The van der Waals surface area contributed by atoms with Gasteiger partial charge in [-0.15, -0.1) is 10.2 Å². The standard InChI is InChI=1S/C8H11ClN4/c1-11-4-2-3-6-5-7(9)12-13-8(6)10/h2-3,5,11H,4H2,1H3,(H2,10,13). The monoisotopic (exact) mass is 198 g/mol. The maximum Gasteiger partial charge on any atom is 0.153 e. The molecule has 1 heterocycles. The highest BCUT2D eigenvalue weighted by atomic mass is 35.5. The van der Waals surface area contributed by atoms with Crippen molar-refractivity contribution in [3.8, 4) is 0 Å². The lowest BCUT2D eigenvalue weighted by atomic mass is 10.2. The fraction of sp³-hybridized carbons (Fsp3) is 0.250. The fourth-order valence-corrected chi connectivity index (χ4v) is 0.983. The lowest BCUT2D eigenvalue weighted by Gasteiger charge is -1.97. The second-order valence-electron chi connectivity index (χ2n) is 2.47. The van der Waals surface area contributed by atoms with Crippen LogP contribution in [0, 0.1) is 0 Å². The third-order valence-corrected chi connectivity index (χ3v) is 1.63. The van der Waals surface area contributed by atoms with E-state index in [1.807, 2.05) is 19.2 Å². The Hall–Kier alpha value is -1.13. The average molecular weight is 199 g/mol. The number of nitrogens with one attached hydrogen (secondary N) is 1. The summed E-state index contributed by atoms with van der Waals surface area (Å²) in [6.07, 6.45) is 3.79. The van der Waals surface area contributed by atoms with E-state index in [0.717, 1.165) is 12.1 Å². The summed E-state index contributed by atoms with van der Waals surface area (Å²) in [7, 11) is 1.87. The Morgan fingerprint density at radius 3 is 3.08 bits per heavy atom. The van der Waals surface area contributed by atoms with E-state index in [4.69, 9.17) is 17.3 Å². The molecule has 1 aromatic heterocycles. The molecular weight excluding hydrogens is 188 g/mol. The minimum atomic E-state index is 0.346. The van der Waals surface area contributed by atoms with Crippen molar-refractivity contribution < 1.29 is 0 Å². The first kappa shape index (κ1) is 9.95. The molecule has 0 fully saturated rings. The van der Waals surface area contributed by atoms with Crippen LogP contribution in [-0.2, 0) is 0 Å². The van der Waals surface area contributed by atoms with E-state index in [1.165, 1.54) is 0 Å². The van der Waals surface area contributed by atoms with Crippen molar-refractivity contribution in [1.82, 2.24) is 15.5 Å². The molecule has 4 nitrogen and oxygen atoms in total. The van der Waals surface area contributed by atoms with Gasteiger partial charge < -0.3 is 11.1 Å². The Kier molecular flexibility index (Phi) is 3.67. The molecule has 3 N–H and O–H groups in total. The van der Waals surface area contributed by atoms with Crippen molar-refractivity contribution >= 4 is 23.5 Å². The third-order valence-electron chi connectivity index (χ3n) is 1.44. The zero-order valence-corrected chi connectivity index (χ0v) is 8.04. The van der Waals surface area contributed by atoms with Crippen LogP contribution in [0.4, 0.5) is 5.82 Å². The molecule has 0 radical (unpaired) electrons. The lowest BCUT2D eigenvalue weighted by molar-refractivity contribution is 0.922. The van der Waals surface area contributed by atoms with Crippen molar-refractivity contribution in [1.29, 1.82) is 0 Å². The van der Waals surface area contributed by atoms with E-state index in [0.29, 0.717) is 11.0 Å². The molecule has 0 aliphatic carbocycles. The predicted molar refractivity (Wildman–Crippen MR) is 54.4 cm³/mol. The molecular formula is C8H11ClN4. The van der Waals surface area contributed by atoms with Gasteiger partial charge in [0.25, 0.3) is 0 Å². The van der Waals surface area contributed by atoms with Crippen LogP contribution in [0.25, 0.3) is 6.08 Å². The summed E-state index contributed by atoms with van der Waals surface area (Å²) in [4.78, 5) is 0. The number of anilines is 1. The number of rotatable bonds is 3. The molecule has 13 heavy (non-hydrogen) atoms. The summed E-state index contributed by atoms with van der Waals surface area (Å²) in [5.41, 5.74) is 6.36. The van der Waals surface area contributed by atoms with Gasteiger partial charge in [-0.25, -0.2) is 0 Å². The quantitative estimate of drug-likeness (QED) is 0.759. The number of halogens is 1. The number of nitrogens with two attached hydrogens (primary N) is 1. The summed E-state index contributed by atoms with van der Waals surface area (Å²) in [5, 5.41) is 10.6. The minimum Gasteiger partial charge on any atom is -0.382 e. The predicted octanol–water partition coefficient (Wildman–Crippen LogP) is 0.945. The second-order valence-corrected chi connectivity index (χ2v) is 2.85. The molecule has 0 atom stereocenters. The first-order valence-electron chi connectivity index (χ1n) is 3.84. The molecule has 5 heteroatoms. The minimum absolute atomic E-state index is 0.346. The Labute approximate surface area is 81.8 Å². The van der Waals surface area contributed by atoms with Gasteiger partial charge in [-0.2, -0.15) is 0 Å². The molecule has 0 spiro atoms. The van der Waals surface area contributed by atoms with Crippen molar-refractivity contribution in [2.24, 2.45) is 0 Å². The second kappa shape index (κ2) is 4.79. The molecule has 0 saturated carbocycles. The zero-order chi connectivity index (χ0) is 9.68. The highest BCUT2D eigenvalue weighted by Crippen LogP contribution is 2.13. The first-order valence-corrected chi connectivity index (χ1v) is 4.21. The van der Waals surface area contributed by atoms with E-state index in [1.54, 1.807) is 6.07 Å². The van der Waals surface area contributed by atoms with Gasteiger partial charge in [0.15, 0.2) is 11.0 Å². The number of likely N-dealkylation sites (N-methyl/N-ethyl adjacent to an activating group) is 1. The highest BCUT2D eigenvalue weighted by Gasteiger charge is 1.98. The zero-order valence-electron chi connectivity index (χ0n) is 7.29. The van der Waals surface area contributed by atoms with E-state index < -0.39 is 0 Å². The van der Waals surface area contributed by atoms with Gasteiger partial charge in [-0.1, -0.05) is 23.8 Å². The molecule has 0 bridgehead atoms. The maximum atomic E-state index is 5.65. The molecule has 0 aliphatic heterocycles. The van der Waals surface area contributed by atoms with E-state index in [-0.39, 0.29) is 0 Å². The van der Waals surface area contributed by atoms with Gasteiger partial charge in [0.05, 0.1) is 0 Å². The summed E-state index contributed by atoms with van der Waals surface area (Å²) >= 11 is 5.65. The largest absolute Gasteiger partial charge is 0.382 e. The molecule has 0 unspecified atom stereocenters. The molecule has 70 valence electrons. The summed E-state index contributed by atoms with van der Waals surface area (Å²) in [6.45, 7) is 0.777. The van der Waals surface area contributed by atoms with Gasteiger partial charge in [0.2, 0.25) is 0 Å². The van der Waals surface area contributed by atoms with Gasteiger partial charge in [-0.05, 0) is 13.1 Å². The molecule has 1 aromatic rings. The van der Waals surface area contributed by atoms with Gasteiger partial charge in [-0.3, -0.25) is 0 Å². The van der Waals surface area contributed by atoms with Crippen LogP contribution in [0.15, 0.2) is 12.1 Å². The molecule has 0 amide bonds. The topological polar surface area (TPSA) is 63.8 Å².